The van der Waals surface area contributed by atoms with E-state index < -0.39 is 18.4 Å². The molecular formula is C15H16Cl2N2O4. The number of carboxylic acids is 1. The fourth-order valence-corrected chi connectivity index (χ4v) is 2.79. The summed E-state index contributed by atoms with van der Waals surface area (Å²) in [4.78, 5) is 36.5. The second-order valence-corrected chi connectivity index (χ2v) is 6.15. The van der Waals surface area contributed by atoms with Crippen LogP contribution < -0.4 is 5.32 Å². The summed E-state index contributed by atoms with van der Waals surface area (Å²) in [5, 5.41) is 11.6. The largest absolute Gasteiger partial charge is 0.480 e. The van der Waals surface area contributed by atoms with Gasteiger partial charge in [0.1, 0.15) is 6.54 Å². The van der Waals surface area contributed by atoms with Crippen molar-refractivity contribution in [2.75, 3.05) is 19.6 Å². The van der Waals surface area contributed by atoms with E-state index in [1.54, 1.807) is 17.0 Å². The van der Waals surface area contributed by atoms with Crippen LogP contribution in [0.4, 0.5) is 0 Å². The smallest absolute Gasteiger partial charge is 0.322 e. The molecule has 0 saturated carbocycles. The third-order valence-electron chi connectivity index (χ3n) is 3.66. The SMILES string of the molecule is O=C(O)CNC(=O)C1CCCN(C(=O)c2ccc(Cl)c(Cl)c2)C1. The lowest BCUT2D eigenvalue weighted by Gasteiger charge is -2.32. The Bertz CT molecular complexity index is 636. The highest BCUT2D eigenvalue weighted by atomic mass is 35.5. The van der Waals surface area contributed by atoms with Crippen LogP contribution in [-0.4, -0.2) is 47.4 Å². The molecule has 1 aliphatic heterocycles. The van der Waals surface area contributed by atoms with Gasteiger partial charge in [0.2, 0.25) is 5.91 Å². The van der Waals surface area contributed by atoms with Crippen LogP contribution in [0.5, 0.6) is 0 Å². The molecule has 124 valence electrons. The van der Waals surface area contributed by atoms with Crippen LogP contribution >= 0.6 is 23.2 Å². The predicted molar refractivity (Wildman–Crippen MR) is 85.7 cm³/mol. The number of halogens is 2. The van der Waals surface area contributed by atoms with Gasteiger partial charge in [0.15, 0.2) is 0 Å². The van der Waals surface area contributed by atoms with E-state index in [1.807, 2.05) is 0 Å². The number of nitrogens with one attached hydrogen (secondary N) is 1. The van der Waals surface area contributed by atoms with Gasteiger partial charge in [-0.2, -0.15) is 0 Å². The number of likely N-dealkylation sites (tertiary alicyclic amines) is 1. The Morgan fingerprint density at radius 3 is 2.65 bits per heavy atom. The molecule has 23 heavy (non-hydrogen) atoms. The van der Waals surface area contributed by atoms with Crippen LogP contribution in [-0.2, 0) is 9.59 Å². The molecule has 1 aliphatic rings. The fourth-order valence-electron chi connectivity index (χ4n) is 2.49. The summed E-state index contributed by atoms with van der Waals surface area (Å²) >= 11 is 11.8. The van der Waals surface area contributed by atoms with E-state index in [9.17, 15) is 14.4 Å². The zero-order valence-electron chi connectivity index (χ0n) is 12.2. The van der Waals surface area contributed by atoms with E-state index in [4.69, 9.17) is 28.3 Å². The molecule has 0 radical (unpaired) electrons. The molecule has 2 N–H and O–H groups in total. The second kappa shape index (κ2) is 7.66. The quantitative estimate of drug-likeness (QED) is 0.862. The highest BCUT2D eigenvalue weighted by Crippen LogP contribution is 2.25. The van der Waals surface area contributed by atoms with Crippen molar-refractivity contribution in [1.29, 1.82) is 0 Å². The third kappa shape index (κ3) is 4.59. The monoisotopic (exact) mass is 358 g/mol. The Kier molecular flexibility index (Phi) is 5.85. The van der Waals surface area contributed by atoms with Crippen molar-refractivity contribution in [2.24, 2.45) is 5.92 Å². The highest BCUT2D eigenvalue weighted by molar-refractivity contribution is 6.42. The van der Waals surface area contributed by atoms with Crippen LogP contribution in [0.3, 0.4) is 0 Å². The van der Waals surface area contributed by atoms with Crippen LogP contribution in [0.2, 0.25) is 10.0 Å². The number of aliphatic carboxylic acids is 1. The lowest BCUT2D eigenvalue weighted by molar-refractivity contribution is -0.138. The van der Waals surface area contributed by atoms with E-state index in [0.717, 1.165) is 0 Å². The predicted octanol–water partition coefficient (Wildman–Crippen LogP) is 2.05. The van der Waals surface area contributed by atoms with Crippen molar-refractivity contribution in [3.05, 3.63) is 33.8 Å². The van der Waals surface area contributed by atoms with E-state index >= 15 is 0 Å². The number of benzene rings is 1. The molecular weight excluding hydrogens is 343 g/mol. The number of carboxylic acid groups (broad SMARTS) is 1. The van der Waals surface area contributed by atoms with Gasteiger partial charge in [0, 0.05) is 18.7 Å². The molecule has 0 spiro atoms. The van der Waals surface area contributed by atoms with Crippen molar-refractivity contribution in [2.45, 2.75) is 12.8 Å². The molecule has 2 amide bonds. The van der Waals surface area contributed by atoms with Crippen LogP contribution in [0.1, 0.15) is 23.2 Å². The highest BCUT2D eigenvalue weighted by Gasteiger charge is 2.29. The van der Waals surface area contributed by atoms with Gasteiger partial charge in [0.05, 0.1) is 16.0 Å². The first-order valence-corrected chi connectivity index (χ1v) is 7.88. The summed E-state index contributed by atoms with van der Waals surface area (Å²) in [7, 11) is 0. The molecule has 0 bridgehead atoms. The molecule has 2 rings (SSSR count). The molecule has 1 heterocycles. The van der Waals surface area contributed by atoms with Gasteiger partial charge < -0.3 is 15.3 Å². The number of piperidine rings is 1. The number of rotatable bonds is 4. The lowest BCUT2D eigenvalue weighted by Crippen LogP contribution is -2.46. The number of carbonyl (C=O) groups is 3. The zero-order chi connectivity index (χ0) is 17.0. The Morgan fingerprint density at radius 1 is 1.26 bits per heavy atom. The topological polar surface area (TPSA) is 86.7 Å². The Balaban J connectivity index is 2.02. The number of hydrogen-bond donors (Lipinski definition) is 2. The van der Waals surface area contributed by atoms with Crippen molar-refractivity contribution in [3.8, 4) is 0 Å². The van der Waals surface area contributed by atoms with E-state index in [1.165, 1.54) is 6.07 Å². The Morgan fingerprint density at radius 2 is 2.00 bits per heavy atom. The minimum atomic E-state index is -1.10. The maximum absolute atomic E-state index is 12.5. The van der Waals surface area contributed by atoms with Gasteiger partial charge in [-0.3, -0.25) is 14.4 Å². The summed E-state index contributed by atoms with van der Waals surface area (Å²) in [6, 6.07) is 4.64. The van der Waals surface area contributed by atoms with Gasteiger partial charge in [-0.1, -0.05) is 23.2 Å². The standard InChI is InChI=1S/C15H16Cl2N2O4/c16-11-4-3-9(6-12(11)17)15(23)19-5-1-2-10(8-19)14(22)18-7-13(20)21/h3-4,6,10H,1-2,5,7-8H2,(H,18,22)(H,20,21). The fraction of sp³-hybridized carbons (Fsp3) is 0.400. The second-order valence-electron chi connectivity index (χ2n) is 5.33. The van der Waals surface area contributed by atoms with Crippen LogP contribution in [0, 0.1) is 5.92 Å². The summed E-state index contributed by atoms with van der Waals surface area (Å²) in [6.07, 6.45) is 1.30. The maximum atomic E-state index is 12.5. The summed E-state index contributed by atoms with van der Waals surface area (Å²) < 4.78 is 0. The molecule has 8 heteroatoms. The van der Waals surface area contributed by atoms with Crippen molar-refractivity contribution < 1.29 is 19.5 Å². The maximum Gasteiger partial charge on any atom is 0.322 e. The first kappa shape index (κ1) is 17.6. The van der Waals surface area contributed by atoms with Crippen molar-refractivity contribution in [3.63, 3.8) is 0 Å². The van der Waals surface area contributed by atoms with E-state index in [0.29, 0.717) is 35.0 Å². The molecule has 6 nitrogen and oxygen atoms in total. The van der Waals surface area contributed by atoms with Gasteiger partial charge in [-0.25, -0.2) is 0 Å². The molecule has 1 fully saturated rings. The first-order valence-electron chi connectivity index (χ1n) is 7.12. The summed E-state index contributed by atoms with van der Waals surface area (Å²) in [6.45, 7) is 0.377. The molecule has 0 aromatic heterocycles. The molecule has 0 aliphatic carbocycles. The van der Waals surface area contributed by atoms with Gasteiger partial charge in [0.25, 0.3) is 5.91 Å². The molecule has 1 aromatic rings. The molecule has 1 atom stereocenters. The normalized spacial score (nSPS) is 17.7. The number of carbonyl (C=O) groups excluding carboxylic acids is 2. The number of nitrogens with zero attached hydrogens (tertiary/aromatic N) is 1. The third-order valence-corrected chi connectivity index (χ3v) is 4.40. The van der Waals surface area contributed by atoms with Crippen molar-refractivity contribution in [1.82, 2.24) is 10.2 Å². The Hall–Kier alpha value is -1.79. The van der Waals surface area contributed by atoms with Crippen molar-refractivity contribution >= 4 is 41.0 Å². The van der Waals surface area contributed by atoms with Gasteiger partial charge in [-0.05, 0) is 31.0 Å². The number of hydrogen-bond acceptors (Lipinski definition) is 3. The lowest BCUT2D eigenvalue weighted by atomic mass is 9.96. The average molecular weight is 359 g/mol. The first-order chi connectivity index (χ1) is 10.9. The van der Waals surface area contributed by atoms with Gasteiger partial charge in [-0.15, -0.1) is 0 Å². The van der Waals surface area contributed by atoms with Crippen LogP contribution in [0.25, 0.3) is 0 Å². The summed E-state index contributed by atoms with van der Waals surface area (Å²) in [5.74, 6) is -2.08. The van der Waals surface area contributed by atoms with Gasteiger partial charge >= 0.3 is 5.97 Å². The molecule has 1 aromatic carbocycles. The average Bonchev–Trinajstić information content (AvgIpc) is 2.54. The van der Waals surface area contributed by atoms with Crippen LogP contribution in [0.15, 0.2) is 18.2 Å². The Labute approximate surface area is 143 Å². The summed E-state index contributed by atoms with van der Waals surface area (Å²) in [5.41, 5.74) is 0.408. The molecule has 1 saturated heterocycles. The number of amides is 2. The van der Waals surface area contributed by atoms with E-state index in [2.05, 4.69) is 5.32 Å². The zero-order valence-corrected chi connectivity index (χ0v) is 13.7. The minimum absolute atomic E-state index is 0.223. The minimum Gasteiger partial charge on any atom is -0.480 e. The van der Waals surface area contributed by atoms with E-state index in [-0.39, 0.29) is 18.4 Å². The molecule has 1 unspecified atom stereocenters.